The lowest BCUT2D eigenvalue weighted by atomic mass is 10.0. The first-order chi connectivity index (χ1) is 36.6. The van der Waals surface area contributed by atoms with Crippen molar-refractivity contribution in [2.75, 3.05) is 47.5 Å². The lowest BCUT2D eigenvalue weighted by Crippen LogP contribution is -2.44. The Kier molecular flexibility index (Phi) is 56.2. The Morgan fingerprint density at radius 1 is 0.387 bits per heavy atom. The van der Waals surface area contributed by atoms with Crippen LogP contribution in [0, 0.1) is 0 Å². The molecule has 0 fully saturated rings. The fraction of sp³-hybridized carbons (Fsp3) is 0.894. The number of carboxylic acid groups (broad SMARTS) is 1. The third-order valence-electron chi connectivity index (χ3n) is 14.7. The Morgan fingerprint density at radius 2 is 0.680 bits per heavy atom. The van der Waals surface area contributed by atoms with Crippen molar-refractivity contribution >= 4 is 17.9 Å². The standard InChI is InChI=1S/C66H125NO8/c1-6-8-10-12-14-16-18-20-22-23-24-25-26-27-28-29-30-31-32-33-34-35-36-37-38-39-40-41-43-45-47-49-51-53-55-57-64(69)75-62(61-74-66(65(70)71)72-59-58-67(3,4)5)60-73-63(68)56-54-52-50-48-46-44-42-21-19-17-15-13-11-9-7-2/h21,23-24,42,62,66H,6-20,22,25-41,43-61H2,1-5H3/b24-23-,42-21-. The number of ether oxygens (including phenoxy) is 4. The number of hydrogen-bond acceptors (Lipinski definition) is 8. The van der Waals surface area contributed by atoms with Crippen LogP contribution in [0.1, 0.15) is 322 Å². The molecule has 75 heavy (non-hydrogen) atoms. The van der Waals surface area contributed by atoms with Crippen molar-refractivity contribution in [3.8, 4) is 0 Å². The highest BCUT2D eigenvalue weighted by atomic mass is 16.7. The Labute approximate surface area is 465 Å². The molecule has 0 heterocycles. The Morgan fingerprint density at radius 3 is 0.987 bits per heavy atom. The van der Waals surface area contributed by atoms with Gasteiger partial charge in [-0.05, 0) is 64.2 Å². The molecule has 0 spiro atoms. The van der Waals surface area contributed by atoms with E-state index in [4.69, 9.17) is 18.9 Å². The normalized spacial score (nSPS) is 12.8. The van der Waals surface area contributed by atoms with E-state index in [1.165, 1.54) is 238 Å². The van der Waals surface area contributed by atoms with Crippen LogP contribution in [0.5, 0.6) is 0 Å². The zero-order valence-electron chi connectivity index (χ0n) is 50.4. The molecule has 0 radical (unpaired) electrons. The summed E-state index contributed by atoms with van der Waals surface area (Å²) in [5.74, 6) is -2.27. The van der Waals surface area contributed by atoms with Crippen molar-refractivity contribution in [3.63, 3.8) is 0 Å². The molecular formula is C66H125NO8. The highest BCUT2D eigenvalue weighted by molar-refractivity contribution is 5.70. The van der Waals surface area contributed by atoms with Gasteiger partial charge in [0.25, 0.3) is 0 Å². The van der Waals surface area contributed by atoms with Gasteiger partial charge in [0.15, 0.2) is 12.4 Å². The summed E-state index contributed by atoms with van der Waals surface area (Å²) < 4.78 is 22.7. The third kappa shape index (κ3) is 59.3. The van der Waals surface area contributed by atoms with Crippen molar-refractivity contribution in [1.82, 2.24) is 0 Å². The summed E-state index contributed by atoms with van der Waals surface area (Å²) in [7, 11) is 5.93. The summed E-state index contributed by atoms with van der Waals surface area (Å²) >= 11 is 0. The molecule has 0 aromatic heterocycles. The maximum Gasteiger partial charge on any atom is 0.306 e. The van der Waals surface area contributed by atoms with Gasteiger partial charge < -0.3 is 33.3 Å². The molecule has 0 N–H and O–H groups in total. The van der Waals surface area contributed by atoms with Crippen LogP contribution in [0.4, 0.5) is 0 Å². The van der Waals surface area contributed by atoms with Crippen LogP contribution in [-0.2, 0) is 33.3 Å². The predicted octanol–water partition coefficient (Wildman–Crippen LogP) is 18.1. The van der Waals surface area contributed by atoms with Gasteiger partial charge in [0.1, 0.15) is 13.2 Å². The predicted molar refractivity (Wildman–Crippen MR) is 316 cm³/mol. The quantitative estimate of drug-likeness (QED) is 0.0195. The van der Waals surface area contributed by atoms with Crippen molar-refractivity contribution in [3.05, 3.63) is 24.3 Å². The van der Waals surface area contributed by atoms with Crippen LogP contribution in [0.15, 0.2) is 24.3 Å². The average Bonchev–Trinajstić information content (AvgIpc) is 3.38. The summed E-state index contributed by atoms with van der Waals surface area (Å²) in [5.41, 5.74) is 0. The number of unbranched alkanes of at least 4 members (excludes halogenated alkanes) is 42. The summed E-state index contributed by atoms with van der Waals surface area (Å²) in [6.07, 6.45) is 66.9. The van der Waals surface area contributed by atoms with Crippen LogP contribution >= 0.6 is 0 Å². The van der Waals surface area contributed by atoms with E-state index in [-0.39, 0.29) is 38.6 Å². The van der Waals surface area contributed by atoms with Crippen molar-refractivity contribution in [2.45, 2.75) is 334 Å². The number of allylic oxidation sites excluding steroid dienone is 4. The van der Waals surface area contributed by atoms with Gasteiger partial charge in [-0.2, -0.15) is 0 Å². The number of nitrogens with zero attached hydrogens (tertiary/aromatic N) is 1. The van der Waals surface area contributed by atoms with E-state index in [0.717, 1.165) is 57.8 Å². The number of quaternary nitrogens is 1. The number of rotatable bonds is 61. The van der Waals surface area contributed by atoms with Crippen LogP contribution in [0.2, 0.25) is 0 Å². The number of likely N-dealkylation sites (N-methyl/N-ethyl adjacent to an activating group) is 1. The van der Waals surface area contributed by atoms with Gasteiger partial charge >= 0.3 is 11.9 Å². The van der Waals surface area contributed by atoms with Crippen molar-refractivity contribution in [2.24, 2.45) is 0 Å². The highest BCUT2D eigenvalue weighted by Crippen LogP contribution is 2.18. The monoisotopic (exact) mass is 1060 g/mol. The maximum atomic E-state index is 12.9. The topological polar surface area (TPSA) is 111 Å². The molecule has 2 unspecified atom stereocenters. The lowest BCUT2D eigenvalue weighted by molar-refractivity contribution is -0.870. The minimum atomic E-state index is -1.62. The molecular weight excluding hydrogens is 935 g/mol. The molecule has 2 atom stereocenters. The zero-order valence-corrected chi connectivity index (χ0v) is 50.4. The van der Waals surface area contributed by atoms with Crippen molar-refractivity contribution in [1.29, 1.82) is 0 Å². The summed E-state index contributed by atoms with van der Waals surface area (Å²) in [6, 6.07) is 0. The maximum absolute atomic E-state index is 12.9. The zero-order chi connectivity index (χ0) is 54.8. The number of carbonyl (C=O) groups is 3. The first kappa shape index (κ1) is 72.8. The second-order valence-electron chi connectivity index (χ2n) is 23.4. The third-order valence-corrected chi connectivity index (χ3v) is 14.7. The summed E-state index contributed by atoms with van der Waals surface area (Å²) in [5, 5.41) is 11.8. The highest BCUT2D eigenvalue weighted by Gasteiger charge is 2.22. The molecule has 442 valence electrons. The Bertz CT molecular complexity index is 1280. The molecule has 0 bridgehead atoms. The smallest absolute Gasteiger partial charge is 0.306 e. The SMILES string of the molecule is CCCCCCCC/C=C\CCCCCCCC(=O)OCC(COC(OCC[N+](C)(C)C)C(=O)[O-])OC(=O)CCCCCCCCCCCCCCCCCCCCCCCCC/C=C\CCCCCCCCCC. The average molecular weight is 1060 g/mol. The Balaban J connectivity index is 4.00. The van der Waals surface area contributed by atoms with E-state index in [1.807, 2.05) is 21.1 Å². The number of carbonyl (C=O) groups excluding carboxylic acids is 3. The minimum Gasteiger partial charge on any atom is -0.545 e. The van der Waals surface area contributed by atoms with Crippen LogP contribution in [-0.4, -0.2) is 82.3 Å². The second kappa shape index (κ2) is 57.9. The van der Waals surface area contributed by atoms with E-state index in [2.05, 4.69) is 38.2 Å². The first-order valence-corrected chi connectivity index (χ1v) is 32.5. The molecule has 9 nitrogen and oxygen atoms in total. The van der Waals surface area contributed by atoms with E-state index in [1.54, 1.807) is 0 Å². The van der Waals surface area contributed by atoms with E-state index in [9.17, 15) is 19.5 Å². The van der Waals surface area contributed by atoms with E-state index < -0.39 is 24.3 Å². The number of carboxylic acids is 1. The minimum absolute atomic E-state index is 0.149. The van der Waals surface area contributed by atoms with Crippen LogP contribution in [0.25, 0.3) is 0 Å². The molecule has 0 saturated carbocycles. The van der Waals surface area contributed by atoms with Gasteiger partial charge in [0.05, 0.1) is 40.3 Å². The number of aliphatic carboxylic acids is 1. The molecule has 0 saturated heterocycles. The second-order valence-corrected chi connectivity index (χ2v) is 23.4. The molecule has 0 amide bonds. The lowest BCUT2D eigenvalue weighted by Gasteiger charge is -2.26. The summed E-state index contributed by atoms with van der Waals surface area (Å²) in [4.78, 5) is 37.3. The first-order valence-electron chi connectivity index (χ1n) is 32.5. The largest absolute Gasteiger partial charge is 0.545 e. The molecule has 0 aliphatic carbocycles. The molecule has 0 rings (SSSR count). The van der Waals surface area contributed by atoms with Gasteiger partial charge in [-0.15, -0.1) is 0 Å². The van der Waals surface area contributed by atoms with Crippen molar-refractivity contribution < 1.29 is 42.9 Å². The molecule has 0 aromatic carbocycles. The van der Waals surface area contributed by atoms with Crippen LogP contribution in [0.3, 0.4) is 0 Å². The molecule has 9 heteroatoms. The molecule has 0 aliphatic rings. The van der Waals surface area contributed by atoms with Crippen LogP contribution < -0.4 is 5.11 Å². The van der Waals surface area contributed by atoms with Gasteiger partial charge in [0.2, 0.25) is 0 Å². The van der Waals surface area contributed by atoms with Gasteiger partial charge in [-0.1, -0.05) is 269 Å². The summed E-state index contributed by atoms with van der Waals surface area (Å²) in [6.45, 7) is 4.78. The fourth-order valence-corrected chi connectivity index (χ4v) is 9.65. The molecule has 0 aliphatic heterocycles. The van der Waals surface area contributed by atoms with E-state index >= 15 is 0 Å². The Hall–Kier alpha value is -2.23. The molecule has 0 aromatic rings. The van der Waals surface area contributed by atoms with Gasteiger partial charge in [-0.25, -0.2) is 0 Å². The number of esters is 2. The van der Waals surface area contributed by atoms with E-state index in [0.29, 0.717) is 11.0 Å². The number of hydrogen-bond donors (Lipinski definition) is 0. The fourth-order valence-electron chi connectivity index (χ4n) is 9.65. The van der Waals surface area contributed by atoms with Gasteiger partial charge in [0, 0.05) is 12.8 Å². The van der Waals surface area contributed by atoms with Gasteiger partial charge in [-0.3, -0.25) is 9.59 Å².